The molecule has 2 aliphatic heterocycles. The highest BCUT2D eigenvalue weighted by Gasteiger charge is 2.22. The summed E-state index contributed by atoms with van der Waals surface area (Å²) in [5.41, 5.74) is 0.779. The van der Waals surface area contributed by atoms with E-state index in [1.165, 1.54) is 12.1 Å². The van der Waals surface area contributed by atoms with Gasteiger partial charge in [0.2, 0.25) is 5.96 Å². The van der Waals surface area contributed by atoms with Gasteiger partial charge in [0.15, 0.2) is 0 Å². The molecule has 0 spiro atoms. The van der Waals surface area contributed by atoms with Crippen LogP contribution < -0.4 is 16.0 Å². The van der Waals surface area contributed by atoms with E-state index in [1.54, 1.807) is 12.1 Å². The maximum Gasteiger partial charge on any atom is 0.323 e. The molecule has 3 rings (SSSR count). The third kappa shape index (κ3) is 5.14. The number of hydrogen-bond donors (Lipinski definition) is 3. The highest BCUT2D eigenvalue weighted by atomic mass is 19.1. The zero-order valence-corrected chi connectivity index (χ0v) is 14.5. The molecule has 0 saturated carbocycles. The number of hydrogen-bond acceptors (Lipinski definition) is 4. The van der Waals surface area contributed by atoms with Crippen LogP contribution in [0.2, 0.25) is 0 Å². The number of aliphatic imine (C=N–C) groups is 1. The molecule has 7 nitrogen and oxygen atoms in total. The van der Waals surface area contributed by atoms with E-state index in [1.807, 2.05) is 0 Å². The fraction of sp³-hybridized carbons (Fsp3) is 0.529. The molecule has 2 amide bonds. The second kappa shape index (κ2) is 8.26. The van der Waals surface area contributed by atoms with Crippen molar-refractivity contribution in [3.05, 3.63) is 35.6 Å². The molecule has 0 radical (unpaired) electrons. The number of carbonyl (C=O) groups excluding carboxylic acids is 1. The van der Waals surface area contributed by atoms with Crippen LogP contribution in [0.15, 0.2) is 29.3 Å². The minimum absolute atomic E-state index is 0.304. The molecule has 1 unspecified atom stereocenters. The molecule has 3 N–H and O–H groups in total. The second-order valence-corrected chi connectivity index (χ2v) is 6.46. The maximum absolute atomic E-state index is 13.0. The Balaban J connectivity index is 1.48. The Morgan fingerprint density at radius 2 is 1.88 bits per heavy atom. The fourth-order valence-electron chi connectivity index (χ4n) is 2.95. The van der Waals surface area contributed by atoms with Crippen LogP contribution in [-0.4, -0.2) is 68.1 Å². The van der Waals surface area contributed by atoms with E-state index >= 15 is 0 Å². The first-order valence-corrected chi connectivity index (χ1v) is 8.65. The predicted octanol–water partition coefficient (Wildman–Crippen LogP) is 0.720. The number of guanidine groups is 1. The van der Waals surface area contributed by atoms with E-state index < -0.39 is 6.17 Å². The third-order valence-electron chi connectivity index (χ3n) is 4.49. The highest BCUT2D eigenvalue weighted by Crippen LogP contribution is 2.12. The lowest BCUT2D eigenvalue weighted by atomic mass is 10.1. The molecule has 136 valence electrons. The highest BCUT2D eigenvalue weighted by molar-refractivity contribution is 5.98. The predicted molar refractivity (Wildman–Crippen MR) is 94.8 cm³/mol. The molecule has 1 atom stereocenters. The largest absolute Gasteiger partial charge is 0.332 e. The smallest absolute Gasteiger partial charge is 0.323 e. The average molecular weight is 348 g/mol. The topological polar surface area (TPSA) is 72.0 Å². The van der Waals surface area contributed by atoms with E-state index in [9.17, 15) is 9.18 Å². The van der Waals surface area contributed by atoms with Crippen molar-refractivity contribution >= 4 is 12.0 Å². The van der Waals surface area contributed by atoms with Gasteiger partial charge in [0, 0.05) is 39.3 Å². The molecule has 0 aromatic heterocycles. The number of rotatable bonds is 5. The minimum Gasteiger partial charge on any atom is -0.332 e. The summed E-state index contributed by atoms with van der Waals surface area (Å²) in [5, 5.41) is 8.55. The van der Waals surface area contributed by atoms with Gasteiger partial charge in [0.25, 0.3) is 0 Å². The fourth-order valence-corrected chi connectivity index (χ4v) is 2.95. The summed E-state index contributed by atoms with van der Waals surface area (Å²) in [7, 11) is 2.15. The summed E-state index contributed by atoms with van der Waals surface area (Å²) in [6.07, 6.45) is 0.532. The van der Waals surface area contributed by atoms with Crippen molar-refractivity contribution in [2.75, 3.05) is 46.3 Å². The van der Waals surface area contributed by atoms with Crippen molar-refractivity contribution in [1.82, 2.24) is 25.8 Å². The minimum atomic E-state index is -0.411. The van der Waals surface area contributed by atoms with Crippen LogP contribution in [-0.2, 0) is 0 Å². The summed E-state index contributed by atoms with van der Waals surface area (Å²) in [6.45, 7) is 6.06. The van der Waals surface area contributed by atoms with Crippen LogP contribution in [0.5, 0.6) is 0 Å². The zero-order valence-electron chi connectivity index (χ0n) is 14.5. The number of piperazine rings is 1. The summed E-state index contributed by atoms with van der Waals surface area (Å²) < 4.78 is 13.0. The SMILES string of the molecule is CN1CCN(CCCN=C2NC(=O)NC(c3ccc(F)cc3)N2)CC1. The Labute approximate surface area is 147 Å². The second-order valence-electron chi connectivity index (χ2n) is 6.46. The summed E-state index contributed by atoms with van der Waals surface area (Å²) in [5.74, 6) is 0.151. The first kappa shape index (κ1) is 17.6. The quantitative estimate of drug-likeness (QED) is 0.686. The van der Waals surface area contributed by atoms with E-state index in [0.29, 0.717) is 12.5 Å². The number of halogens is 1. The molecule has 1 aromatic rings. The van der Waals surface area contributed by atoms with E-state index in [2.05, 4.69) is 37.8 Å². The lowest BCUT2D eigenvalue weighted by molar-refractivity contribution is 0.153. The van der Waals surface area contributed by atoms with Crippen molar-refractivity contribution in [2.45, 2.75) is 12.6 Å². The van der Waals surface area contributed by atoms with Gasteiger partial charge in [-0.25, -0.2) is 9.18 Å². The molecule has 2 fully saturated rings. The van der Waals surface area contributed by atoms with Crippen LogP contribution in [0.4, 0.5) is 9.18 Å². The molecule has 2 saturated heterocycles. The number of nitrogens with one attached hydrogen (secondary N) is 3. The van der Waals surface area contributed by atoms with Crippen molar-refractivity contribution < 1.29 is 9.18 Å². The van der Waals surface area contributed by atoms with Gasteiger partial charge in [-0.3, -0.25) is 10.3 Å². The van der Waals surface area contributed by atoms with Gasteiger partial charge in [-0.05, 0) is 31.2 Å². The Morgan fingerprint density at radius 3 is 2.60 bits per heavy atom. The van der Waals surface area contributed by atoms with E-state index in [-0.39, 0.29) is 11.8 Å². The van der Waals surface area contributed by atoms with Gasteiger partial charge in [0.1, 0.15) is 12.0 Å². The van der Waals surface area contributed by atoms with Crippen LogP contribution in [0.3, 0.4) is 0 Å². The third-order valence-corrected chi connectivity index (χ3v) is 4.49. The standard InChI is InChI=1S/C17H25FN6O/c1-23-9-11-24(12-10-23)8-2-7-19-16-20-15(21-17(25)22-16)13-3-5-14(18)6-4-13/h3-6,15H,2,7-12H2,1H3,(H3,19,20,21,22,25). The summed E-state index contributed by atoms with van der Waals surface area (Å²) in [6, 6.07) is 5.72. The van der Waals surface area contributed by atoms with Gasteiger partial charge in [0.05, 0.1) is 0 Å². The molecule has 2 heterocycles. The van der Waals surface area contributed by atoms with Gasteiger partial charge in [-0.2, -0.15) is 0 Å². The summed E-state index contributed by atoms with van der Waals surface area (Å²) >= 11 is 0. The number of likely N-dealkylation sites (N-methyl/N-ethyl adjacent to an activating group) is 1. The van der Waals surface area contributed by atoms with Crippen molar-refractivity contribution in [2.24, 2.45) is 4.99 Å². The first-order valence-electron chi connectivity index (χ1n) is 8.65. The Kier molecular flexibility index (Phi) is 5.83. The van der Waals surface area contributed by atoms with E-state index in [0.717, 1.165) is 44.7 Å². The normalized spacial score (nSPS) is 23.8. The Morgan fingerprint density at radius 1 is 1.16 bits per heavy atom. The lowest BCUT2D eigenvalue weighted by Crippen LogP contribution is -2.57. The van der Waals surface area contributed by atoms with Gasteiger partial charge in [-0.15, -0.1) is 0 Å². The average Bonchev–Trinajstić information content (AvgIpc) is 2.60. The van der Waals surface area contributed by atoms with Gasteiger partial charge in [-0.1, -0.05) is 12.1 Å². The lowest BCUT2D eigenvalue weighted by Gasteiger charge is -2.32. The Bertz CT molecular complexity index is 612. The van der Waals surface area contributed by atoms with E-state index in [4.69, 9.17) is 0 Å². The van der Waals surface area contributed by atoms with Crippen molar-refractivity contribution in [1.29, 1.82) is 0 Å². The molecule has 0 bridgehead atoms. The van der Waals surface area contributed by atoms with Crippen LogP contribution in [0.1, 0.15) is 18.2 Å². The zero-order chi connectivity index (χ0) is 17.6. The molecule has 0 aliphatic carbocycles. The van der Waals surface area contributed by atoms with Crippen LogP contribution >= 0.6 is 0 Å². The number of carbonyl (C=O) groups is 1. The number of urea groups is 1. The molecule has 1 aromatic carbocycles. The molecule has 25 heavy (non-hydrogen) atoms. The number of nitrogens with zero attached hydrogens (tertiary/aromatic N) is 3. The molecular weight excluding hydrogens is 323 g/mol. The van der Waals surface area contributed by atoms with Crippen molar-refractivity contribution in [3.8, 4) is 0 Å². The molecular formula is C17H25FN6O. The Hall–Kier alpha value is -2.19. The van der Waals surface area contributed by atoms with Crippen LogP contribution in [0.25, 0.3) is 0 Å². The summed E-state index contributed by atoms with van der Waals surface area (Å²) in [4.78, 5) is 21.0. The number of benzene rings is 1. The number of amides is 2. The maximum atomic E-state index is 13.0. The monoisotopic (exact) mass is 348 g/mol. The van der Waals surface area contributed by atoms with Gasteiger partial charge >= 0.3 is 6.03 Å². The molecule has 2 aliphatic rings. The van der Waals surface area contributed by atoms with Crippen molar-refractivity contribution in [3.63, 3.8) is 0 Å². The van der Waals surface area contributed by atoms with Crippen LogP contribution in [0, 0.1) is 5.82 Å². The van der Waals surface area contributed by atoms with Gasteiger partial charge < -0.3 is 20.4 Å². The molecule has 8 heteroatoms. The first-order chi connectivity index (χ1) is 12.1.